The molecule has 1 atom stereocenters. The van der Waals surface area contributed by atoms with Crippen LogP contribution in [0.4, 0.5) is 0 Å². The Balaban J connectivity index is 2.39. The number of carboxylic acids is 1. The summed E-state index contributed by atoms with van der Waals surface area (Å²) in [5.41, 5.74) is 0. The van der Waals surface area contributed by atoms with Gasteiger partial charge in [0.05, 0.1) is 5.92 Å². The van der Waals surface area contributed by atoms with Crippen molar-refractivity contribution in [2.45, 2.75) is 77.6 Å². The van der Waals surface area contributed by atoms with Gasteiger partial charge in [0.25, 0.3) is 0 Å². The van der Waals surface area contributed by atoms with Gasteiger partial charge in [-0.1, -0.05) is 64.7 Å². The van der Waals surface area contributed by atoms with Crippen molar-refractivity contribution in [3.63, 3.8) is 0 Å². The molecule has 0 spiro atoms. The van der Waals surface area contributed by atoms with E-state index in [1.54, 1.807) is 0 Å². The lowest BCUT2D eigenvalue weighted by atomic mass is 9.84. The van der Waals surface area contributed by atoms with Crippen LogP contribution in [0.1, 0.15) is 77.6 Å². The number of rotatable bonds is 2. The van der Waals surface area contributed by atoms with Crippen molar-refractivity contribution >= 4 is 5.97 Å². The third-order valence-corrected chi connectivity index (χ3v) is 4.25. The summed E-state index contributed by atoms with van der Waals surface area (Å²) in [7, 11) is 0. The smallest absolute Gasteiger partial charge is 0.306 e. The first-order valence-electron chi connectivity index (χ1n) is 7.44. The Morgan fingerprint density at radius 3 is 1.59 bits per heavy atom. The normalized spacial score (nSPS) is 23.4. The van der Waals surface area contributed by atoms with E-state index in [0.717, 1.165) is 12.8 Å². The molecule has 0 saturated heterocycles. The summed E-state index contributed by atoms with van der Waals surface area (Å²) in [5.74, 6) is -0.355. The monoisotopic (exact) mass is 240 g/mol. The lowest BCUT2D eigenvalue weighted by molar-refractivity contribution is -0.143. The quantitative estimate of drug-likeness (QED) is 0.764. The van der Waals surface area contributed by atoms with Gasteiger partial charge >= 0.3 is 5.97 Å². The van der Waals surface area contributed by atoms with Crippen LogP contribution in [-0.4, -0.2) is 11.1 Å². The molecule has 1 aliphatic rings. The predicted molar refractivity (Wildman–Crippen MR) is 71.1 cm³/mol. The molecule has 1 N–H and O–H groups in total. The van der Waals surface area contributed by atoms with Crippen molar-refractivity contribution in [3.05, 3.63) is 0 Å². The molecule has 0 aliphatic heterocycles. The van der Waals surface area contributed by atoms with Gasteiger partial charge in [-0.2, -0.15) is 0 Å². The van der Waals surface area contributed by atoms with Gasteiger partial charge in [-0.25, -0.2) is 0 Å². The van der Waals surface area contributed by atoms with E-state index in [1.807, 2.05) is 6.92 Å². The van der Waals surface area contributed by atoms with Gasteiger partial charge in [0.15, 0.2) is 0 Å². The number of hydrogen-bond acceptors (Lipinski definition) is 1. The molecule has 0 aromatic heterocycles. The van der Waals surface area contributed by atoms with E-state index in [-0.39, 0.29) is 5.92 Å². The third kappa shape index (κ3) is 6.09. The minimum atomic E-state index is -0.609. The van der Waals surface area contributed by atoms with E-state index in [1.165, 1.54) is 57.8 Å². The standard InChI is InChI=1S/C15H28O2/c1-13(15(16)17)14-11-9-7-5-3-2-4-6-8-10-12-14/h13-14H,2-12H2,1H3,(H,16,17). The summed E-state index contributed by atoms with van der Waals surface area (Å²) in [6.07, 6.45) is 14.1. The predicted octanol–water partition coefficient (Wildman–Crippen LogP) is 4.63. The van der Waals surface area contributed by atoms with E-state index in [0.29, 0.717) is 5.92 Å². The van der Waals surface area contributed by atoms with E-state index in [4.69, 9.17) is 5.11 Å². The highest BCUT2D eigenvalue weighted by atomic mass is 16.4. The van der Waals surface area contributed by atoms with Gasteiger partial charge in [0.2, 0.25) is 0 Å². The summed E-state index contributed by atoms with van der Waals surface area (Å²) in [4.78, 5) is 11.1. The van der Waals surface area contributed by atoms with Gasteiger partial charge in [-0.15, -0.1) is 0 Å². The molecule has 1 aliphatic carbocycles. The summed E-state index contributed by atoms with van der Waals surface area (Å²) >= 11 is 0. The van der Waals surface area contributed by atoms with Crippen molar-refractivity contribution in [3.8, 4) is 0 Å². The van der Waals surface area contributed by atoms with Crippen LogP contribution in [0.3, 0.4) is 0 Å². The topological polar surface area (TPSA) is 37.3 Å². The maximum absolute atomic E-state index is 11.1. The van der Waals surface area contributed by atoms with Crippen molar-refractivity contribution in [2.24, 2.45) is 11.8 Å². The second-order valence-corrected chi connectivity index (χ2v) is 5.65. The molecular formula is C15H28O2. The van der Waals surface area contributed by atoms with Crippen molar-refractivity contribution in [1.82, 2.24) is 0 Å². The second-order valence-electron chi connectivity index (χ2n) is 5.65. The van der Waals surface area contributed by atoms with Gasteiger partial charge < -0.3 is 5.11 Å². The third-order valence-electron chi connectivity index (χ3n) is 4.25. The fourth-order valence-corrected chi connectivity index (χ4v) is 2.90. The van der Waals surface area contributed by atoms with E-state index in [9.17, 15) is 4.79 Å². The van der Waals surface area contributed by atoms with Crippen molar-refractivity contribution in [2.75, 3.05) is 0 Å². The number of aliphatic carboxylic acids is 1. The Kier molecular flexibility index (Phi) is 7.30. The van der Waals surface area contributed by atoms with Crippen LogP contribution in [0.2, 0.25) is 0 Å². The number of carboxylic acid groups (broad SMARTS) is 1. The van der Waals surface area contributed by atoms with Gasteiger partial charge in [-0.05, 0) is 18.8 Å². The molecule has 0 aromatic carbocycles. The first kappa shape index (κ1) is 14.5. The zero-order chi connectivity index (χ0) is 12.5. The summed E-state index contributed by atoms with van der Waals surface area (Å²) < 4.78 is 0. The SMILES string of the molecule is CC(C(=O)O)C1CCCCCCCCCCC1. The second kappa shape index (κ2) is 8.54. The van der Waals surface area contributed by atoms with Gasteiger partial charge in [0.1, 0.15) is 0 Å². The van der Waals surface area contributed by atoms with Crippen LogP contribution >= 0.6 is 0 Å². The minimum Gasteiger partial charge on any atom is -0.481 e. The minimum absolute atomic E-state index is 0.155. The van der Waals surface area contributed by atoms with Crippen LogP contribution in [0.15, 0.2) is 0 Å². The highest BCUT2D eigenvalue weighted by Gasteiger charge is 2.22. The Bertz CT molecular complexity index is 201. The summed E-state index contributed by atoms with van der Waals surface area (Å²) in [6.45, 7) is 1.89. The summed E-state index contributed by atoms with van der Waals surface area (Å²) in [5, 5.41) is 9.12. The molecule has 0 heterocycles. The first-order chi connectivity index (χ1) is 8.22. The molecule has 0 amide bonds. The molecule has 17 heavy (non-hydrogen) atoms. The lowest BCUT2D eigenvalue weighted by Gasteiger charge is -2.21. The molecule has 1 unspecified atom stereocenters. The summed E-state index contributed by atoms with van der Waals surface area (Å²) in [6, 6.07) is 0. The molecule has 0 bridgehead atoms. The Hall–Kier alpha value is -0.530. The van der Waals surface area contributed by atoms with Crippen molar-refractivity contribution in [1.29, 1.82) is 0 Å². The fraction of sp³-hybridized carbons (Fsp3) is 0.933. The van der Waals surface area contributed by atoms with Crippen LogP contribution in [0.5, 0.6) is 0 Å². The molecule has 2 nitrogen and oxygen atoms in total. The molecule has 0 radical (unpaired) electrons. The number of carbonyl (C=O) groups is 1. The Morgan fingerprint density at radius 1 is 0.882 bits per heavy atom. The van der Waals surface area contributed by atoms with Crippen LogP contribution in [-0.2, 0) is 4.79 Å². The highest BCUT2D eigenvalue weighted by molar-refractivity contribution is 5.69. The molecule has 1 fully saturated rings. The van der Waals surface area contributed by atoms with Gasteiger partial charge in [-0.3, -0.25) is 4.79 Å². The van der Waals surface area contributed by atoms with E-state index >= 15 is 0 Å². The average molecular weight is 240 g/mol. The van der Waals surface area contributed by atoms with E-state index < -0.39 is 5.97 Å². The zero-order valence-electron chi connectivity index (χ0n) is 11.3. The van der Waals surface area contributed by atoms with Crippen LogP contribution in [0.25, 0.3) is 0 Å². The number of hydrogen-bond donors (Lipinski definition) is 1. The zero-order valence-corrected chi connectivity index (χ0v) is 11.3. The Morgan fingerprint density at radius 2 is 1.24 bits per heavy atom. The van der Waals surface area contributed by atoms with Gasteiger partial charge in [0, 0.05) is 0 Å². The first-order valence-corrected chi connectivity index (χ1v) is 7.44. The largest absolute Gasteiger partial charge is 0.481 e. The maximum Gasteiger partial charge on any atom is 0.306 e. The molecular weight excluding hydrogens is 212 g/mol. The molecule has 2 heteroatoms. The molecule has 0 aromatic rings. The van der Waals surface area contributed by atoms with Crippen LogP contribution in [0, 0.1) is 11.8 Å². The van der Waals surface area contributed by atoms with E-state index in [2.05, 4.69) is 0 Å². The molecule has 100 valence electrons. The lowest BCUT2D eigenvalue weighted by Crippen LogP contribution is -2.20. The Labute approximate surface area is 106 Å². The maximum atomic E-state index is 11.1. The molecule has 1 rings (SSSR count). The molecule has 1 saturated carbocycles. The van der Waals surface area contributed by atoms with Crippen molar-refractivity contribution < 1.29 is 9.90 Å². The average Bonchev–Trinajstić information content (AvgIpc) is 2.29. The fourth-order valence-electron chi connectivity index (χ4n) is 2.90. The van der Waals surface area contributed by atoms with Crippen LogP contribution < -0.4 is 0 Å². The highest BCUT2D eigenvalue weighted by Crippen LogP contribution is 2.26.